The Kier molecular flexibility index (Phi) is 3.17. The lowest BCUT2D eigenvalue weighted by molar-refractivity contribution is 0.962. The molecule has 1 aromatic heterocycles. The second-order valence-electron chi connectivity index (χ2n) is 2.56. The lowest BCUT2D eigenvalue weighted by atomic mass is 10.6. The van der Waals surface area contributed by atoms with E-state index in [0.29, 0.717) is 21.4 Å². The number of hydrogen-bond donors (Lipinski definition) is 1. The Morgan fingerprint density at radius 3 is 2.67 bits per heavy atom. The molecule has 0 spiro atoms. The molecule has 0 bridgehead atoms. The average molecular weight is 204 g/mol. The van der Waals surface area contributed by atoms with Gasteiger partial charge in [-0.2, -0.15) is 0 Å². The molecule has 12 heavy (non-hydrogen) atoms. The molecule has 1 heterocycles. The van der Waals surface area contributed by atoms with Crippen LogP contribution in [0.3, 0.4) is 0 Å². The Morgan fingerprint density at radius 2 is 2.17 bits per heavy atom. The molecule has 0 fully saturated rings. The molecule has 0 atom stereocenters. The van der Waals surface area contributed by atoms with Crippen molar-refractivity contribution in [2.75, 3.05) is 5.73 Å². The molecule has 66 valence electrons. The van der Waals surface area contributed by atoms with Gasteiger partial charge in [0.05, 0.1) is 0 Å². The molecule has 0 saturated heterocycles. The minimum Gasteiger partial charge on any atom is -0.384 e. The van der Waals surface area contributed by atoms with E-state index in [1.807, 2.05) is 0 Å². The summed E-state index contributed by atoms with van der Waals surface area (Å²) in [6.07, 6.45) is 0. The zero-order chi connectivity index (χ0) is 9.14. The Balaban J connectivity index is 2.85. The first-order valence-corrected chi connectivity index (χ1v) is 4.80. The predicted octanol–water partition coefficient (Wildman–Crippen LogP) is 2.21. The van der Waals surface area contributed by atoms with Crippen LogP contribution in [0.25, 0.3) is 0 Å². The quantitative estimate of drug-likeness (QED) is 0.455. The number of aromatic nitrogens is 2. The first kappa shape index (κ1) is 9.61. The summed E-state index contributed by atoms with van der Waals surface area (Å²) in [6, 6.07) is 1.53. The third-order valence-electron chi connectivity index (χ3n) is 1.04. The molecule has 5 heteroatoms. The van der Waals surface area contributed by atoms with Crippen LogP contribution in [0.2, 0.25) is 5.15 Å². The van der Waals surface area contributed by atoms with Gasteiger partial charge in [0.1, 0.15) is 11.0 Å². The molecule has 0 amide bonds. The topological polar surface area (TPSA) is 51.8 Å². The van der Waals surface area contributed by atoms with Gasteiger partial charge in [0.25, 0.3) is 0 Å². The van der Waals surface area contributed by atoms with Crippen LogP contribution in [0.1, 0.15) is 13.8 Å². The van der Waals surface area contributed by atoms with Gasteiger partial charge < -0.3 is 5.73 Å². The minimum absolute atomic E-state index is 0.394. The highest BCUT2D eigenvalue weighted by molar-refractivity contribution is 7.99. The maximum atomic E-state index is 5.69. The summed E-state index contributed by atoms with van der Waals surface area (Å²) in [7, 11) is 0. The number of rotatable bonds is 2. The molecule has 0 unspecified atom stereocenters. The van der Waals surface area contributed by atoms with Gasteiger partial charge in [-0.25, -0.2) is 9.97 Å². The van der Waals surface area contributed by atoms with Crippen molar-refractivity contribution in [1.82, 2.24) is 9.97 Å². The summed E-state index contributed by atoms with van der Waals surface area (Å²) >= 11 is 7.23. The summed E-state index contributed by atoms with van der Waals surface area (Å²) in [4.78, 5) is 8.03. The molecule has 2 N–H and O–H groups in total. The molecular formula is C7H10ClN3S. The number of nitrogens with two attached hydrogens (primary N) is 1. The summed E-state index contributed by atoms with van der Waals surface area (Å²) in [5, 5.41) is 1.46. The zero-order valence-corrected chi connectivity index (χ0v) is 8.49. The van der Waals surface area contributed by atoms with Gasteiger partial charge in [0.15, 0.2) is 5.16 Å². The molecule has 1 rings (SSSR count). The highest BCUT2D eigenvalue weighted by atomic mass is 35.5. The molecule has 1 aromatic rings. The maximum Gasteiger partial charge on any atom is 0.191 e. The second-order valence-corrected chi connectivity index (χ2v) is 4.50. The van der Waals surface area contributed by atoms with Crippen LogP contribution in [0.5, 0.6) is 0 Å². The molecule has 3 nitrogen and oxygen atoms in total. The van der Waals surface area contributed by atoms with E-state index < -0.39 is 0 Å². The van der Waals surface area contributed by atoms with E-state index in [-0.39, 0.29) is 0 Å². The van der Waals surface area contributed by atoms with Gasteiger partial charge in [-0.15, -0.1) is 0 Å². The molecule has 0 radical (unpaired) electrons. The van der Waals surface area contributed by atoms with E-state index in [4.69, 9.17) is 17.3 Å². The lowest BCUT2D eigenvalue weighted by Crippen LogP contribution is -1.97. The van der Waals surface area contributed by atoms with Crippen LogP contribution in [-0.4, -0.2) is 15.2 Å². The summed E-state index contributed by atoms with van der Waals surface area (Å²) in [6.45, 7) is 4.12. The van der Waals surface area contributed by atoms with E-state index in [9.17, 15) is 0 Å². The second kappa shape index (κ2) is 3.96. The van der Waals surface area contributed by atoms with Crippen LogP contribution in [0.15, 0.2) is 11.2 Å². The number of nitrogens with zero attached hydrogens (tertiary/aromatic N) is 2. The molecule has 0 aliphatic heterocycles. The van der Waals surface area contributed by atoms with Gasteiger partial charge in [-0.05, 0) is 0 Å². The Labute approximate surface area is 80.7 Å². The number of anilines is 1. The summed E-state index contributed by atoms with van der Waals surface area (Å²) in [5.41, 5.74) is 5.49. The molecule has 0 aliphatic carbocycles. The first-order valence-electron chi connectivity index (χ1n) is 3.54. The SMILES string of the molecule is CC(C)Sc1nc(N)cc(Cl)n1. The van der Waals surface area contributed by atoms with Crippen molar-refractivity contribution in [3.05, 3.63) is 11.2 Å². The third-order valence-corrected chi connectivity index (χ3v) is 2.09. The third kappa shape index (κ3) is 2.87. The highest BCUT2D eigenvalue weighted by Gasteiger charge is 2.03. The Morgan fingerprint density at radius 1 is 1.50 bits per heavy atom. The van der Waals surface area contributed by atoms with E-state index >= 15 is 0 Å². The van der Waals surface area contributed by atoms with Gasteiger partial charge >= 0.3 is 0 Å². The Bertz CT molecular complexity index is 257. The van der Waals surface area contributed by atoms with Gasteiger partial charge in [-0.3, -0.25) is 0 Å². The van der Waals surface area contributed by atoms with Gasteiger partial charge in [0, 0.05) is 11.3 Å². The summed E-state index contributed by atoms with van der Waals surface area (Å²) < 4.78 is 0. The van der Waals surface area contributed by atoms with E-state index in [1.54, 1.807) is 11.8 Å². The van der Waals surface area contributed by atoms with E-state index in [1.165, 1.54) is 6.07 Å². The largest absolute Gasteiger partial charge is 0.384 e. The van der Waals surface area contributed by atoms with Gasteiger partial charge in [0.2, 0.25) is 0 Å². The van der Waals surface area contributed by atoms with Crippen molar-refractivity contribution in [1.29, 1.82) is 0 Å². The van der Waals surface area contributed by atoms with Crippen LogP contribution >= 0.6 is 23.4 Å². The minimum atomic E-state index is 0.394. The van der Waals surface area contributed by atoms with Crippen LogP contribution in [-0.2, 0) is 0 Å². The summed E-state index contributed by atoms with van der Waals surface area (Å²) in [5.74, 6) is 0.415. The average Bonchev–Trinajstić information content (AvgIpc) is 1.81. The maximum absolute atomic E-state index is 5.69. The predicted molar refractivity (Wildman–Crippen MR) is 52.4 cm³/mol. The zero-order valence-electron chi connectivity index (χ0n) is 6.91. The molecule has 0 aromatic carbocycles. The molecule has 0 aliphatic rings. The first-order chi connectivity index (χ1) is 5.58. The number of thioether (sulfide) groups is 1. The van der Waals surface area contributed by atoms with Crippen molar-refractivity contribution in [3.63, 3.8) is 0 Å². The van der Waals surface area contributed by atoms with Crippen molar-refractivity contribution in [3.8, 4) is 0 Å². The lowest BCUT2D eigenvalue weighted by Gasteiger charge is -2.03. The van der Waals surface area contributed by atoms with Gasteiger partial charge in [-0.1, -0.05) is 37.2 Å². The number of nitrogen functional groups attached to an aromatic ring is 1. The fraction of sp³-hybridized carbons (Fsp3) is 0.429. The standard InChI is InChI=1S/C7H10ClN3S/c1-4(2)12-7-10-5(8)3-6(9)11-7/h3-4H,1-2H3,(H2,9,10,11). The van der Waals surface area contributed by atoms with Crippen LogP contribution < -0.4 is 5.73 Å². The fourth-order valence-corrected chi connectivity index (χ4v) is 1.65. The van der Waals surface area contributed by atoms with E-state index in [0.717, 1.165) is 0 Å². The molecular weight excluding hydrogens is 194 g/mol. The van der Waals surface area contributed by atoms with Crippen molar-refractivity contribution >= 4 is 29.2 Å². The monoisotopic (exact) mass is 203 g/mol. The van der Waals surface area contributed by atoms with Crippen LogP contribution in [0.4, 0.5) is 5.82 Å². The fourth-order valence-electron chi connectivity index (χ4n) is 0.677. The number of hydrogen-bond acceptors (Lipinski definition) is 4. The smallest absolute Gasteiger partial charge is 0.191 e. The normalized spacial score (nSPS) is 10.7. The van der Waals surface area contributed by atoms with Crippen LogP contribution in [0, 0.1) is 0 Å². The Hall–Kier alpha value is -0.480. The number of halogens is 1. The van der Waals surface area contributed by atoms with Crippen molar-refractivity contribution in [2.45, 2.75) is 24.3 Å². The van der Waals surface area contributed by atoms with Crippen molar-refractivity contribution in [2.24, 2.45) is 0 Å². The molecule has 0 saturated carbocycles. The van der Waals surface area contributed by atoms with E-state index in [2.05, 4.69) is 23.8 Å². The highest BCUT2D eigenvalue weighted by Crippen LogP contribution is 2.21. The van der Waals surface area contributed by atoms with Crippen molar-refractivity contribution < 1.29 is 0 Å².